The number of aromatic nitrogens is 4. The summed E-state index contributed by atoms with van der Waals surface area (Å²) in [4.78, 5) is 16.4. The van der Waals surface area contributed by atoms with Crippen molar-refractivity contribution in [2.75, 3.05) is 19.4 Å². The Balaban J connectivity index is 1.49. The Morgan fingerprint density at radius 1 is 1.36 bits per heavy atom. The highest BCUT2D eigenvalue weighted by atomic mass is 32.2. The van der Waals surface area contributed by atoms with Gasteiger partial charge >= 0.3 is 0 Å². The number of tetrazole rings is 1. The fraction of sp³-hybridized carbons (Fsp3) is 0.368. The summed E-state index contributed by atoms with van der Waals surface area (Å²) in [7, 11) is 1.61. The molecule has 0 aliphatic carbocycles. The van der Waals surface area contributed by atoms with E-state index >= 15 is 0 Å². The first-order chi connectivity index (χ1) is 13.7. The van der Waals surface area contributed by atoms with Crippen molar-refractivity contribution in [3.05, 3.63) is 46.2 Å². The molecule has 1 aliphatic rings. The van der Waals surface area contributed by atoms with Crippen molar-refractivity contribution in [1.82, 2.24) is 25.1 Å². The fourth-order valence-corrected chi connectivity index (χ4v) is 5.27. The van der Waals surface area contributed by atoms with Crippen molar-refractivity contribution < 1.29 is 9.53 Å². The lowest BCUT2D eigenvalue weighted by atomic mass is 9.98. The number of amides is 1. The van der Waals surface area contributed by atoms with Gasteiger partial charge in [-0.05, 0) is 52.4 Å². The number of nitrogens with zero attached hydrogens (tertiary/aromatic N) is 5. The lowest BCUT2D eigenvalue weighted by molar-refractivity contribution is -0.131. The first-order valence-electron chi connectivity index (χ1n) is 9.13. The van der Waals surface area contributed by atoms with Crippen molar-refractivity contribution in [3.8, 4) is 11.4 Å². The first kappa shape index (κ1) is 18.9. The molecule has 3 heterocycles. The third-order valence-electron chi connectivity index (χ3n) is 4.88. The van der Waals surface area contributed by atoms with Crippen LogP contribution in [0.3, 0.4) is 0 Å². The van der Waals surface area contributed by atoms with Gasteiger partial charge in [0.15, 0.2) is 0 Å². The molecular formula is C19H21N5O2S2. The monoisotopic (exact) mass is 415 g/mol. The second kappa shape index (κ2) is 8.32. The van der Waals surface area contributed by atoms with Crippen LogP contribution in [0.15, 0.2) is 40.9 Å². The van der Waals surface area contributed by atoms with Crippen molar-refractivity contribution in [1.29, 1.82) is 0 Å². The molecular weight excluding hydrogens is 394 g/mol. The van der Waals surface area contributed by atoms with Gasteiger partial charge < -0.3 is 9.64 Å². The van der Waals surface area contributed by atoms with E-state index in [1.807, 2.05) is 29.2 Å². The molecule has 0 bridgehead atoms. The molecule has 0 spiro atoms. The summed E-state index contributed by atoms with van der Waals surface area (Å²) >= 11 is 3.14. The maximum atomic E-state index is 13.0. The average molecular weight is 416 g/mol. The average Bonchev–Trinajstić information content (AvgIpc) is 3.40. The number of hydrogen-bond donors (Lipinski definition) is 0. The molecule has 0 fully saturated rings. The van der Waals surface area contributed by atoms with Crippen LogP contribution >= 0.6 is 23.1 Å². The van der Waals surface area contributed by atoms with Gasteiger partial charge in [-0.1, -0.05) is 30.8 Å². The predicted molar refractivity (Wildman–Crippen MR) is 109 cm³/mol. The van der Waals surface area contributed by atoms with Gasteiger partial charge in [-0.15, -0.1) is 16.4 Å². The Labute approximate surface area is 171 Å². The number of carbonyl (C=O) groups is 1. The molecule has 4 rings (SSSR count). The first-order valence-corrected chi connectivity index (χ1v) is 11.0. The van der Waals surface area contributed by atoms with Gasteiger partial charge in [0, 0.05) is 11.4 Å². The minimum Gasteiger partial charge on any atom is -0.494 e. The van der Waals surface area contributed by atoms with E-state index in [0.717, 1.165) is 25.1 Å². The van der Waals surface area contributed by atoms with Crippen LogP contribution in [0, 0.1) is 0 Å². The molecule has 28 heavy (non-hydrogen) atoms. The molecule has 1 atom stereocenters. The van der Waals surface area contributed by atoms with E-state index in [1.54, 1.807) is 23.1 Å². The van der Waals surface area contributed by atoms with Gasteiger partial charge in [0.2, 0.25) is 11.1 Å². The van der Waals surface area contributed by atoms with Gasteiger partial charge in [0.25, 0.3) is 0 Å². The highest BCUT2D eigenvalue weighted by molar-refractivity contribution is 7.99. The summed E-state index contributed by atoms with van der Waals surface area (Å²) in [5.74, 6) is 1.09. The molecule has 1 aromatic carbocycles. The lowest BCUT2D eigenvalue weighted by Gasteiger charge is -2.35. The zero-order chi connectivity index (χ0) is 19.5. The minimum absolute atomic E-state index is 0.114. The van der Waals surface area contributed by atoms with Gasteiger partial charge in [-0.25, -0.2) is 0 Å². The summed E-state index contributed by atoms with van der Waals surface area (Å²) in [6.07, 6.45) is 1.85. The Morgan fingerprint density at radius 3 is 3.04 bits per heavy atom. The molecule has 0 saturated heterocycles. The Kier molecular flexibility index (Phi) is 5.63. The van der Waals surface area contributed by atoms with Crippen LogP contribution in [0.2, 0.25) is 0 Å². The second-order valence-corrected chi connectivity index (χ2v) is 8.34. The molecule has 2 aromatic heterocycles. The van der Waals surface area contributed by atoms with E-state index in [2.05, 4.69) is 33.9 Å². The largest absolute Gasteiger partial charge is 0.494 e. The van der Waals surface area contributed by atoms with E-state index in [-0.39, 0.29) is 11.9 Å². The number of methoxy groups -OCH3 is 1. The van der Waals surface area contributed by atoms with Crippen LogP contribution in [-0.4, -0.2) is 50.4 Å². The molecule has 1 unspecified atom stereocenters. The van der Waals surface area contributed by atoms with Crippen LogP contribution in [0.4, 0.5) is 0 Å². The summed E-state index contributed by atoms with van der Waals surface area (Å²) < 4.78 is 7.01. The van der Waals surface area contributed by atoms with E-state index in [4.69, 9.17) is 4.74 Å². The van der Waals surface area contributed by atoms with Crippen molar-refractivity contribution in [2.45, 2.75) is 31.0 Å². The van der Waals surface area contributed by atoms with Crippen LogP contribution < -0.4 is 4.74 Å². The van der Waals surface area contributed by atoms with Gasteiger partial charge in [-0.3, -0.25) is 4.79 Å². The number of thioether (sulfide) groups is 1. The SMILES string of the molecule is CCC1c2ccsc2CCN1C(=O)CSc1nnnn1-c1ccccc1OC. The molecule has 3 aromatic rings. The number of fused-ring (bicyclic) bond motifs is 1. The topological polar surface area (TPSA) is 73.1 Å². The minimum atomic E-state index is 0.114. The number of benzene rings is 1. The summed E-state index contributed by atoms with van der Waals surface area (Å²) in [6.45, 7) is 2.90. The fourth-order valence-electron chi connectivity index (χ4n) is 3.57. The predicted octanol–water partition coefficient (Wildman–Crippen LogP) is 3.36. The molecule has 7 nitrogen and oxygen atoms in total. The number of thiophene rings is 1. The summed E-state index contributed by atoms with van der Waals surface area (Å²) in [5.41, 5.74) is 2.05. The maximum absolute atomic E-state index is 13.0. The van der Waals surface area contributed by atoms with Crippen LogP contribution in [0.5, 0.6) is 5.75 Å². The molecule has 9 heteroatoms. The summed E-state index contributed by atoms with van der Waals surface area (Å²) in [6, 6.07) is 9.85. The van der Waals surface area contributed by atoms with Crippen molar-refractivity contribution in [3.63, 3.8) is 0 Å². The van der Waals surface area contributed by atoms with E-state index < -0.39 is 0 Å². The normalized spacial score (nSPS) is 16.1. The molecule has 1 amide bonds. The van der Waals surface area contributed by atoms with Crippen molar-refractivity contribution >= 4 is 29.0 Å². The summed E-state index contributed by atoms with van der Waals surface area (Å²) in [5, 5.41) is 14.6. The van der Waals surface area contributed by atoms with Crippen LogP contribution in [0.1, 0.15) is 29.8 Å². The zero-order valence-corrected chi connectivity index (χ0v) is 17.4. The van der Waals surface area contributed by atoms with Gasteiger partial charge in [0.1, 0.15) is 11.4 Å². The number of carbonyl (C=O) groups excluding carboxylic acids is 1. The third-order valence-corrected chi connectivity index (χ3v) is 6.78. The van der Waals surface area contributed by atoms with E-state index in [0.29, 0.717) is 16.7 Å². The maximum Gasteiger partial charge on any atom is 0.233 e. The smallest absolute Gasteiger partial charge is 0.233 e. The number of para-hydroxylation sites is 2. The third kappa shape index (κ3) is 3.51. The molecule has 146 valence electrons. The standard InChI is InChI=1S/C19H21N5O2S2/c1-3-14-13-9-11-27-17(13)8-10-23(14)18(25)12-28-19-20-21-22-24(19)15-6-4-5-7-16(15)26-2/h4-7,9,11,14H,3,8,10,12H2,1-2H3. The molecule has 0 radical (unpaired) electrons. The highest BCUT2D eigenvalue weighted by Gasteiger charge is 2.30. The highest BCUT2D eigenvalue weighted by Crippen LogP contribution is 2.36. The van der Waals surface area contributed by atoms with Crippen LogP contribution in [-0.2, 0) is 11.2 Å². The molecule has 0 N–H and O–H groups in total. The molecule has 1 aliphatic heterocycles. The Morgan fingerprint density at radius 2 is 2.21 bits per heavy atom. The Hall–Kier alpha value is -2.39. The quantitative estimate of drug-likeness (QED) is 0.575. The van der Waals surface area contributed by atoms with E-state index in [1.165, 1.54) is 22.2 Å². The lowest BCUT2D eigenvalue weighted by Crippen LogP contribution is -2.40. The van der Waals surface area contributed by atoms with Gasteiger partial charge in [0.05, 0.1) is 18.9 Å². The number of rotatable bonds is 6. The Bertz CT molecular complexity index is 971. The number of hydrogen-bond acceptors (Lipinski definition) is 7. The van der Waals surface area contributed by atoms with Crippen LogP contribution in [0.25, 0.3) is 5.69 Å². The van der Waals surface area contributed by atoms with E-state index in [9.17, 15) is 4.79 Å². The number of ether oxygens (including phenoxy) is 1. The molecule has 0 saturated carbocycles. The second-order valence-electron chi connectivity index (χ2n) is 6.39. The zero-order valence-electron chi connectivity index (χ0n) is 15.7. The van der Waals surface area contributed by atoms with Crippen molar-refractivity contribution in [2.24, 2.45) is 0 Å². The van der Waals surface area contributed by atoms with Gasteiger partial charge in [-0.2, -0.15) is 4.68 Å².